The van der Waals surface area contributed by atoms with E-state index in [4.69, 9.17) is 4.74 Å². The molecule has 0 saturated heterocycles. The number of nitrogens with zero attached hydrogens (tertiary/aromatic N) is 3. The molecule has 2 aromatic carbocycles. The molecule has 3 rings (SSSR count). The zero-order valence-corrected chi connectivity index (χ0v) is 18.1. The molecule has 162 valence electrons. The van der Waals surface area contributed by atoms with E-state index < -0.39 is 10.8 Å². The van der Waals surface area contributed by atoms with Crippen molar-refractivity contribution in [1.82, 2.24) is 4.98 Å². The number of unbranched alkanes of at least 4 members (excludes halogenated alkanes) is 1. The monoisotopic (exact) mass is 448 g/mol. The SMILES string of the molecule is CCCCOc1ccc(/C=C(/C#N)C(=O)Nc2nc(-c3ccc([N+](=O)[O-])cc3)cs2)cc1. The number of anilines is 1. The topological polar surface area (TPSA) is 118 Å². The Morgan fingerprint density at radius 2 is 1.97 bits per heavy atom. The molecule has 0 aliphatic heterocycles. The number of nitro benzene ring substituents is 1. The summed E-state index contributed by atoms with van der Waals surface area (Å²) in [4.78, 5) is 27.2. The highest BCUT2D eigenvalue weighted by atomic mass is 32.1. The lowest BCUT2D eigenvalue weighted by Gasteiger charge is -2.05. The van der Waals surface area contributed by atoms with Crippen molar-refractivity contribution < 1.29 is 14.5 Å². The summed E-state index contributed by atoms with van der Waals surface area (Å²) in [6.45, 7) is 2.74. The first-order valence-electron chi connectivity index (χ1n) is 9.86. The molecule has 0 unspecified atom stereocenters. The summed E-state index contributed by atoms with van der Waals surface area (Å²) in [7, 11) is 0. The van der Waals surface area contributed by atoms with Crippen LogP contribution in [0.4, 0.5) is 10.8 Å². The Bertz CT molecular complexity index is 1160. The zero-order chi connectivity index (χ0) is 22.9. The molecule has 0 aliphatic rings. The Morgan fingerprint density at radius 3 is 2.59 bits per heavy atom. The van der Waals surface area contributed by atoms with Crippen molar-refractivity contribution in [2.24, 2.45) is 0 Å². The Kier molecular flexibility index (Phi) is 7.67. The average Bonchev–Trinajstić information content (AvgIpc) is 3.27. The van der Waals surface area contributed by atoms with Crippen LogP contribution < -0.4 is 10.1 Å². The number of aromatic nitrogens is 1. The Labute approximate surface area is 189 Å². The molecule has 1 aromatic heterocycles. The van der Waals surface area contributed by atoms with E-state index in [0.717, 1.165) is 18.6 Å². The van der Waals surface area contributed by atoms with Crippen LogP contribution in [0.5, 0.6) is 5.75 Å². The van der Waals surface area contributed by atoms with Crippen LogP contribution in [0.2, 0.25) is 0 Å². The van der Waals surface area contributed by atoms with Gasteiger partial charge in [0, 0.05) is 23.1 Å². The molecule has 32 heavy (non-hydrogen) atoms. The fourth-order valence-corrected chi connectivity index (χ4v) is 3.41. The molecule has 0 spiro atoms. The van der Waals surface area contributed by atoms with Crippen LogP contribution >= 0.6 is 11.3 Å². The van der Waals surface area contributed by atoms with E-state index in [1.54, 1.807) is 41.8 Å². The highest BCUT2D eigenvalue weighted by Crippen LogP contribution is 2.27. The van der Waals surface area contributed by atoms with Crippen molar-refractivity contribution in [2.75, 3.05) is 11.9 Å². The Balaban J connectivity index is 1.66. The molecule has 1 N–H and O–H groups in total. The second-order valence-electron chi connectivity index (χ2n) is 6.74. The number of amides is 1. The first kappa shape index (κ1) is 22.7. The number of hydrogen-bond acceptors (Lipinski definition) is 7. The number of ether oxygens (including phenoxy) is 1. The minimum absolute atomic E-state index is 0.0122. The number of nitriles is 1. The summed E-state index contributed by atoms with van der Waals surface area (Å²) in [6.07, 6.45) is 3.52. The number of rotatable bonds is 9. The van der Waals surface area contributed by atoms with Crippen molar-refractivity contribution in [3.8, 4) is 23.1 Å². The third kappa shape index (κ3) is 6.00. The molecule has 9 heteroatoms. The third-order valence-corrected chi connectivity index (χ3v) is 5.18. The van der Waals surface area contributed by atoms with Crippen LogP contribution in [-0.4, -0.2) is 22.4 Å². The van der Waals surface area contributed by atoms with Gasteiger partial charge in [-0.2, -0.15) is 5.26 Å². The maximum atomic E-state index is 12.5. The molecule has 1 heterocycles. The predicted molar refractivity (Wildman–Crippen MR) is 123 cm³/mol. The van der Waals surface area contributed by atoms with E-state index in [9.17, 15) is 20.2 Å². The van der Waals surface area contributed by atoms with Gasteiger partial charge in [0.1, 0.15) is 17.4 Å². The first-order valence-corrected chi connectivity index (χ1v) is 10.7. The van der Waals surface area contributed by atoms with Gasteiger partial charge < -0.3 is 4.74 Å². The number of benzene rings is 2. The van der Waals surface area contributed by atoms with Gasteiger partial charge in [0.2, 0.25) is 0 Å². The predicted octanol–water partition coefficient (Wildman–Crippen LogP) is 5.44. The number of hydrogen-bond donors (Lipinski definition) is 1. The van der Waals surface area contributed by atoms with Crippen LogP contribution in [0.1, 0.15) is 25.3 Å². The first-order chi connectivity index (χ1) is 15.5. The minimum Gasteiger partial charge on any atom is -0.494 e. The highest BCUT2D eigenvalue weighted by Gasteiger charge is 2.13. The summed E-state index contributed by atoms with van der Waals surface area (Å²) < 4.78 is 5.61. The van der Waals surface area contributed by atoms with Gasteiger partial charge in [-0.15, -0.1) is 11.3 Å². The normalized spacial score (nSPS) is 10.9. The van der Waals surface area contributed by atoms with Gasteiger partial charge in [0.15, 0.2) is 5.13 Å². The van der Waals surface area contributed by atoms with Crippen LogP contribution in [0.15, 0.2) is 59.5 Å². The van der Waals surface area contributed by atoms with Crippen molar-refractivity contribution >= 4 is 34.1 Å². The van der Waals surface area contributed by atoms with Crippen LogP contribution in [0.3, 0.4) is 0 Å². The smallest absolute Gasteiger partial charge is 0.269 e. The van der Waals surface area contributed by atoms with Crippen molar-refractivity contribution in [3.05, 3.63) is 75.2 Å². The summed E-state index contributed by atoms with van der Waals surface area (Å²) in [5, 5.41) is 24.9. The van der Waals surface area contributed by atoms with Crippen LogP contribution in [0.25, 0.3) is 17.3 Å². The molecule has 0 saturated carbocycles. The lowest BCUT2D eigenvalue weighted by Crippen LogP contribution is -2.13. The summed E-state index contributed by atoms with van der Waals surface area (Å²) in [5.74, 6) is 0.167. The van der Waals surface area contributed by atoms with Gasteiger partial charge in [-0.3, -0.25) is 20.2 Å². The fourth-order valence-electron chi connectivity index (χ4n) is 2.69. The van der Waals surface area contributed by atoms with E-state index in [0.29, 0.717) is 28.6 Å². The number of non-ortho nitro benzene ring substituents is 1. The lowest BCUT2D eigenvalue weighted by molar-refractivity contribution is -0.384. The van der Waals surface area contributed by atoms with Gasteiger partial charge in [-0.1, -0.05) is 25.5 Å². The minimum atomic E-state index is -0.569. The van der Waals surface area contributed by atoms with Gasteiger partial charge in [-0.25, -0.2) is 4.98 Å². The van der Waals surface area contributed by atoms with Crippen molar-refractivity contribution in [3.63, 3.8) is 0 Å². The summed E-state index contributed by atoms with van der Waals surface area (Å²) >= 11 is 1.20. The van der Waals surface area contributed by atoms with Crippen LogP contribution in [-0.2, 0) is 4.79 Å². The summed E-state index contributed by atoms with van der Waals surface area (Å²) in [5.41, 5.74) is 1.88. The molecule has 0 radical (unpaired) electrons. The number of nitrogens with one attached hydrogen (secondary N) is 1. The molecule has 0 bridgehead atoms. The van der Waals surface area contributed by atoms with Crippen molar-refractivity contribution in [1.29, 1.82) is 5.26 Å². The Hall–Kier alpha value is -4.03. The number of carbonyl (C=O) groups is 1. The number of thiazole rings is 1. The van der Waals surface area contributed by atoms with E-state index >= 15 is 0 Å². The standard InChI is InChI=1S/C23H20N4O4S/c1-2-3-12-31-20-10-4-16(5-11-20)13-18(14-24)22(28)26-23-25-21(15-32-23)17-6-8-19(9-7-17)27(29)30/h4-11,13,15H,2-3,12H2,1H3,(H,25,26,28)/b18-13-. The van der Waals surface area contributed by atoms with E-state index in [1.165, 1.54) is 29.5 Å². The molecule has 0 atom stereocenters. The van der Waals surface area contributed by atoms with Crippen LogP contribution in [0, 0.1) is 21.4 Å². The molecular weight excluding hydrogens is 428 g/mol. The van der Waals surface area contributed by atoms with E-state index in [-0.39, 0.29) is 11.3 Å². The Morgan fingerprint density at radius 1 is 1.25 bits per heavy atom. The third-order valence-electron chi connectivity index (χ3n) is 4.42. The van der Waals surface area contributed by atoms with E-state index in [2.05, 4.69) is 17.2 Å². The number of carbonyl (C=O) groups excluding carboxylic acids is 1. The van der Waals surface area contributed by atoms with Gasteiger partial charge in [-0.05, 0) is 42.3 Å². The molecule has 1 amide bonds. The largest absolute Gasteiger partial charge is 0.494 e. The molecular formula is C23H20N4O4S. The lowest BCUT2D eigenvalue weighted by atomic mass is 10.1. The second kappa shape index (κ2) is 10.8. The quantitative estimate of drug-likeness (QED) is 0.153. The zero-order valence-electron chi connectivity index (χ0n) is 17.3. The second-order valence-corrected chi connectivity index (χ2v) is 7.59. The van der Waals surface area contributed by atoms with Crippen molar-refractivity contribution in [2.45, 2.75) is 19.8 Å². The fraction of sp³-hybridized carbons (Fsp3) is 0.174. The molecule has 8 nitrogen and oxygen atoms in total. The maximum absolute atomic E-state index is 12.5. The molecule has 0 aliphatic carbocycles. The van der Waals surface area contributed by atoms with Gasteiger partial charge in [0.25, 0.3) is 11.6 Å². The van der Waals surface area contributed by atoms with Gasteiger partial charge >= 0.3 is 0 Å². The number of nitro groups is 1. The average molecular weight is 449 g/mol. The maximum Gasteiger partial charge on any atom is 0.269 e. The van der Waals surface area contributed by atoms with E-state index in [1.807, 2.05) is 6.07 Å². The molecule has 0 fully saturated rings. The van der Waals surface area contributed by atoms with Gasteiger partial charge in [0.05, 0.1) is 17.2 Å². The highest BCUT2D eigenvalue weighted by molar-refractivity contribution is 7.14. The molecule has 3 aromatic rings. The summed E-state index contributed by atoms with van der Waals surface area (Å²) in [6, 6.07) is 15.0.